The van der Waals surface area contributed by atoms with Crippen LogP contribution in [0, 0.1) is 0 Å². The van der Waals surface area contributed by atoms with Gasteiger partial charge in [0.15, 0.2) is 0 Å². The average molecular weight is 281 g/mol. The first kappa shape index (κ1) is 13.7. The maximum absolute atomic E-state index is 13.2. The molecule has 1 N–H and O–H groups in total. The number of anilines is 1. The van der Waals surface area contributed by atoms with Crippen molar-refractivity contribution < 1.29 is 8.78 Å². The third kappa shape index (κ3) is 2.77. The van der Waals surface area contributed by atoms with E-state index in [4.69, 9.17) is 4.98 Å². The molecule has 20 heavy (non-hydrogen) atoms. The molecule has 0 amide bonds. The second-order valence-electron chi connectivity index (χ2n) is 5.91. The van der Waals surface area contributed by atoms with Crippen LogP contribution in [0.2, 0.25) is 0 Å². The molecule has 1 aromatic rings. The zero-order valence-electron chi connectivity index (χ0n) is 11.8. The highest BCUT2D eigenvalue weighted by Gasteiger charge is 2.34. The molecule has 110 valence electrons. The molecular weight excluding hydrogens is 260 g/mol. The smallest absolute Gasteiger partial charge is 0.251 e. The van der Waals surface area contributed by atoms with Gasteiger partial charge in [-0.25, -0.2) is 13.8 Å². The summed E-state index contributed by atoms with van der Waals surface area (Å²) in [4.78, 5) is 6.76. The lowest BCUT2D eigenvalue weighted by atomic mass is 10.0. The number of piperidine rings is 1. The highest BCUT2D eigenvalue weighted by atomic mass is 19.3. The first-order valence-corrected chi connectivity index (χ1v) is 7.38. The maximum atomic E-state index is 13.2. The number of halogens is 2. The molecule has 0 aromatic carbocycles. The predicted octanol–water partition coefficient (Wildman–Crippen LogP) is 2.57. The lowest BCUT2D eigenvalue weighted by molar-refractivity contribution is -0.0221. The van der Waals surface area contributed by atoms with Crippen LogP contribution in [0.3, 0.4) is 0 Å². The van der Waals surface area contributed by atoms with Gasteiger partial charge in [-0.2, -0.15) is 0 Å². The van der Waals surface area contributed by atoms with Crippen molar-refractivity contribution in [1.82, 2.24) is 10.3 Å². The Morgan fingerprint density at radius 1 is 1.30 bits per heavy atom. The summed E-state index contributed by atoms with van der Waals surface area (Å²) in [5.74, 6) is -1.27. The first-order chi connectivity index (χ1) is 9.55. The van der Waals surface area contributed by atoms with Crippen molar-refractivity contribution in [2.24, 2.45) is 0 Å². The van der Waals surface area contributed by atoms with Gasteiger partial charge in [-0.1, -0.05) is 13.0 Å². The van der Waals surface area contributed by atoms with Crippen molar-refractivity contribution >= 4 is 5.82 Å². The number of pyridine rings is 1. The fourth-order valence-electron chi connectivity index (χ4n) is 3.01. The van der Waals surface area contributed by atoms with Crippen LogP contribution < -0.4 is 10.2 Å². The Balaban J connectivity index is 1.82. The van der Waals surface area contributed by atoms with Gasteiger partial charge in [0.05, 0.1) is 5.69 Å². The molecule has 3 nitrogen and oxygen atoms in total. The Kier molecular flexibility index (Phi) is 3.63. The van der Waals surface area contributed by atoms with E-state index in [1.807, 2.05) is 11.0 Å². The van der Waals surface area contributed by atoms with E-state index in [9.17, 15) is 8.78 Å². The van der Waals surface area contributed by atoms with Crippen LogP contribution in [0.25, 0.3) is 0 Å². The molecule has 3 rings (SSSR count). The zero-order valence-corrected chi connectivity index (χ0v) is 11.8. The molecule has 1 unspecified atom stereocenters. The number of fused-ring (bicyclic) bond motifs is 1. The third-order valence-corrected chi connectivity index (χ3v) is 4.30. The number of aromatic nitrogens is 1. The molecule has 0 spiro atoms. The molecule has 1 aromatic heterocycles. The van der Waals surface area contributed by atoms with Crippen LogP contribution >= 0.6 is 0 Å². The second kappa shape index (κ2) is 5.28. The van der Waals surface area contributed by atoms with Crippen molar-refractivity contribution in [3.8, 4) is 0 Å². The van der Waals surface area contributed by atoms with E-state index in [-0.39, 0.29) is 12.8 Å². The molecule has 0 bridgehead atoms. The van der Waals surface area contributed by atoms with Crippen molar-refractivity contribution in [2.45, 2.75) is 38.0 Å². The number of hydrogen-bond donors (Lipinski definition) is 1. The third-order valence-electron chi connectivity index (χ3n) is 4.30. The zero-order chi connectivity index (χ0) is 14.2. The van der Waals surface area contributed by atoms with Crippen molar-refractivity contribution in [2.75, 3.05) is 31.1 Å². The normalized spacial score (nSPS) is 25.9. The second-order valence-corrected chi connectivity index (χ2v) is 5.91. The van der Waals surface area contributed by atoms with E-state index in [1.54, 1.807) is 0 Å². The quantitative estimate of drug-likeness (QED) is 0.857. The highest BCUT2D eigenvalue weighted by molar-refractivity contribution is 5.43. The van der Waals surface area contributed by atoms with E-state index in [1.165, 1.54) is 5.56 Å². The molecule has 0 saturated carbocycles. The van der Waals surface area contributed by atoms with Gasteiger partial charge in [0, 0.05) is 38.4 Å². The Morgan fingerprint density at radius 2 is 2.05 bits per heavy atom. The van der Waals surface area contributed by atoms with Gasteiger partial charge in [0.25, 0.3) is 5.92 Å². The van der Waals surface area contributed by atoms with Crippen LogP contribution in [-0.2, 0) is 6.42 Å². The van der Waals surface area contributed by atoms with Gasteiger partial charge in [0.1, 0.15) is 5.82 Å². The minimum Gasteiger partial charge on any atom is -0.356 e. The summed E-state index contributed by atoms with van der Waals surface area (Å²) in [6, 6.07) is 4.11. The Labute approximate surface area is 118 Å². The first-order valence-electron chi connectivity index (χ1n) is 7.38. The Hall–Kier alpha value is -1.23. The number of nitrogens with one attached hydrogen (secondary N) is 1. The maximum Gasteiger partial charge on any atom is 0.251 e. The van der Waals surface area contributed by atoms with Gasteiger partial charge >= 0.3 is 0 Å². The number of alkyl halides is 2. The summed E-state index contributed by atoms with van der Waals surface area (Å²) in [6.07, 6.45) is 0.858. The Morgan fingerprint density at radius 3 is 2.80 bits per heavy atom. The minimum absolute atomic E-state index is 0.0666. The van der Waals surface area contributed by atoms with Crippen LogP contribution in [-0.4, -0.2) is 37.1 Å². The van der Waals surface area contributed by atoms with Crippen LogP contribution in [0.4, 0.5) is 14.6 Å². The predicted molar refractivity (Wildman–Crippen MR) is 75.6 cm³/mol. The van der Waals surface area contributed by atoms with Gasteiger partial charge in [-0.05, 0) is 24.6 Å². The van der Waals surface area contributed by atoms with Crippen molar-refractivity contribution in [3.05, 3.63) is 23.4 Å². The van der Waals surface area contributed by atoms with Crippen LogP contribution in [0.15, 0.2) is 12.1 Å². The molecule has 1 atom stereocenters. The molecule has 1 fully saturated rings. The summed E-state index contributed by atoms with van der Waals surface area (Å²) < 4.78 is 26.5. The lowest BCUT2D eigenvalue weighted by Gasteiger charge is -2.33. The topological polar surface area (TPSA) is 28.2 Å². The molecule has 2 aliphatic rings. The largest absolute Gasteiger partial charge is 0.356 e. The fourth-order valence-corrected chi connectivity index (χ4v) is 3.01. The monoisotopic (exact) mass is 281 g/mol. The molecule has 3 heterocycles. The van der Waals surface area contributed by atoms with E-state index >= 15 is 0 Å². The highest BCUT2D eigenvalue weighted by Crippen LogP contribution is 2.31. The van der Waals surface area contributed by atoms with Crippen LogP contribution in [0.1, 0.15) is 36.9 Å². The van der Waals surface area contributed by atoms with E-state index in [0.29, 0.717) is 19.0 Å². The molecule has 0 radical (unpaired) electrons. The summed E-state index contributed by atoms with van der Waals surface area (Å²) in [5.41, 5.74) is 2.42. The summed E-state index contributed by atoms with van der Waals surface area (Å²) in [5, 5.41) is 3.40. The number of hydrogen-bond acceptors (Lipinski definition) is 3. The molecule has 5 heteroatoms. The summed E-state index contributed by atoms with van der Waals surface area (Å²) in [6.45, 7) is 4.87. The average Bonchev–Trinajstić information content (AvgIpc) is 2.61. The number of nitrogens with zero attached hydrogens (tertiary/aromatic N) is 2. The Bertz CT molecular complexity index is 480. The van der Waals surface area contributed by atoms with E-state index in [0.717, 1.165) is 31.0 Å². The number of rotatable bonds is 1. The van der Waals surface area contributed by atoms with Gasteiger partial charge in [0.2, 0.25) is 0 Å². The van der Waals surface area contributed by atoms with Gasteiger partial charge < -0.3 is 10.2 Å². The van der Waals surface area contributed by atoms with Crippen molar-refractivity contribution in [3.63, 3.8) is 0 Å². The van der Waals surface area contributed by atoms with Crippen LogP contribution in [0.5, 0.6) is 0 Å². The molecule has 1 saturated heterocycles. The molecule has 2 aliphatic heterocycles. The van der Waals surface area contributed by atoms with E-state index < -0.39 is 5.92 Å². The lowest BCUT2D eigenvalue weighted by Crippen LogP contribution is -2.39. The van der Waals surface area contributed by atoms with Gasteiger partial charge in [-0.3, -0.25) is 0 Å². The SMILES string of the molecule is CC1CNCCc2ccc(N3CCC(F)(F)CC3)nc21. The molecular formula is C15H21F2N3. The van der Waals surface area contributed by atoms with Crippen molar-refractivity contribution in [1.29, 1.82) is 0 Å². The fraction of sp³-hybridized carbons (Fsp3) is 0.667. The van der Waals surface area contributed by atoms with Gasteiger partial charge in [-0.15, -0.1) is 0 Å². The molecule has 0 aliphatic carbocycles. The summed E-state index contributed by atoms with van der Waals surface area (Å²) in [7, 11) is 0. The standard InChI is InChI=1S/C15H21F2N3/c1-11-10-18-7-4-12-2-3-13(19-14(11)12)20-8-5-15(16,17)6-9-20/h2-3,11,18H,4-10H2,1H3. The minimum atomic E-state index is -2.50. The summed E-state index contributed by atoms with van der Waals surface area (Å²) >= 11 is 0. The van der Waals surface area contributed by atoms with E-state index in [2.05, 4.69) is 18.3 Å².